The summed E-state index contributed by atoms with van der Waals surface area (Å²) >= 11 is 2.75. The number of rotatable bonds is 6. The number of nitrogens with zero attached hydrogens (tertiary/aromatic N) is 3. The minimum absolute atomic E-state index is 0.0181. The van der Waals surface area contributed by atoms with E-state index in [1.54, 1.807) is 24.3 Å². The van der Waals surface area contributed by atoms with Gasteiger partial charge in [-0.15, -0.1) is 11.3 Å². The van der Waals surface area contributed by atoms with Gasteiger partial charge in [0.15, 0.2) is 10.2 Å². The van der Waals surface area contributed by atoms with Crippen molar-refractivity contribution in [2.75, 3.05) is 5.75 Å². The average Bonchev–Trinajstić information content (AvgIpc) is 3.25. The van der Waals surface area contributed by atoms with Gasteiger partial charge in [0.05, 0.1) is 27.0 Å². The number of halogens is 2. The van der Waals surface area contributed by atoms with Crippen molar-refractivity contribution in [1.29, 1.82) is 0 Å². The van der Waals surface area contributed by atoms with Gasteiger partial charge in [0.1, 0.15) is 6.61 Å². The maximum atomic E-state index is 13.4. The second kappa shape index (κ2) is 7.61. The van der Waals surface area contributed by atoms with Crippen LogP contribution in [0.2, 0.25) is 0 Å². The molecule has 0 unspecified atom stereocenters. The molecular formula is C18H13F2N3O2S2. The first-order valence-corrected chi connectivity index (χ1v) is 9.80. The molecule has 0 radical (unpaired) electrons. The monoisotopic (exact) mass is 405 g/mol. The zero-order valence-corrected chi connectivity index (χ0v) is 15.5. The van der Waals surface area contributed by atoms with Gasteiger partial charge in [0.2, 0.25) is 0 Å². The summed E-state index contributed by atoms with van der Waals surface area (Å²) in [5.41, 5.74) is 1.62. The molecule has 0 bridgehead atoms. The Morgan fingerprint density at radius 1 is 1.11 bits per heavy atom. The highest BCUT2D eigenvalue weighted by atomic mass is 32.2. The number of hydrogen-bond donors (Lipinski definition) is 0. The Kier molecular flexibility index (Phi) is 5.04. The molecule has 0 aliphatic heterocycles. The van der Waals surface area contributed by atoms with Crippen molar-refractivity contribution in [3.63, 3.8) is 0 Å². The normalized spacial score (nSPS) is 11.5. The average molecular weight is 405 g/mol. The molecule has 0 aliphatic rings. The Hall–Kier alpha value is -2.52. The van der Waals surface area contributed by atoms with Crippen LogP contribution in [0.4, 0.5) is 8.78 Å². The molecule has 0 amide bonds. The Morgan fingerprint density at radius 3 is 2.63 bits per heavy atom. The number of hydrogen-bond acceptors (Lipinski definition) is 6. The number of fused-ring (bicyclic) bond motifs is 2. The lowest BCUT2D eigenvalue weighted by Crippen LogP contribution is -2.11. The summed E-state index contributed by atoms with van der Waals surface area (Å²) in [6.07, 6.45) is 0. The first-order chi connectivity index (χ1) is 13.1. The van der Waals surface area contributed by atoms with E-state index in [0.29, 0.717) is 11.0 Å². The molecule has 0 N–H and O–H groups in total. The number of carbonyl (C=O) groups is 1. The molecule has 0 saturated carbocycles. The van der Waals surface area contributed by atoms with Crippen LogP contribution in [0.1, 0.15) is 12.4 Å². The number of aromatic nitrogens is 3. The number of carbonyl (C=O) groups excluding carboxylic acids is 1. The number of thiazole rings is 1. The van der Waals surface area contributed by atoms with Crippen LogP contribution in [0.15, 0.2) is 52.9 Å². The molecule has 0 atom stereocenters. The van der Waals surface area contributed by atoms with Gasteiger partial charge >= 0.3 is 12.5 Å². The van der Waals surface area contributed by atoms with E-state index >= 15 is 0 Å². The molecule has 4 rings (SSSR count). The largest absolute Gasteiger partial charge is 0.457 e. The SMILES string of the molecule is O=C(CSc1nc2ccccc2s1)OCc1nc2ccccc2n1C(F)F. The van der Waals surface area contributed by atoms with Crippen molar-refractivity contribution in [2.24, 2.45) is 0 Å². The third-order valence-electron chi connectivity index (χ3n) is 3.81. The smallest absolute Gasteiger partial charge is 0.320 e. The van der Waals surface area contributed by atoms with Crippen LogP contribution in [0, 0.1) is 0 Å². The number of thioether (sulfide) groups is 1. The molecule has 4 aromatic rings. The van der Waals surface area contributed by atoms with Crippen molar-refractivity contribution >= 4 is 50.3 Å². The van der Waals surface area contributed by atoms with Gasteiger partial charge in [-0.1, -0.05) is 36.0 Å². The number of esters is 1. The van der Waals surface area contributed by atoms with Gasteiger partial charge in [0.25, 0.3) is 0 Å². The Labute approximate surface area is 161 Å². The van der Waals surface area contributed by atoms with E-state index in [1.807, 2.05) is 24.3 Å². The Morgan fingerprint density at radius 2 is 1.85 bits per heavy atom. The van der Waals surface area contributed by atoms with E-state index in [1.165, 1.54) is 23.1 Å². The molecule has 5 nitrogen and oxygen atoms in total. The van der Waals surface area contributed by atoms with Gasteiger partial charge in [0, 0.05) is 0 Å². The molecule has 27 heavy (non-hydrogen) atoms. The van der Waals surface area contributed by atoms with Crippen LogP contribution in [-0.4, -0.2) is 26.3 Å². The van der Waals surface area contributed by atoms with Gasteiger partial charge in [-0.25, -0.2) is 9.97 Å². The number of alkyl halides is 2. The van der Waals surface area contributed by atoms with Crippen LogP contribution >= 0.6 is 23.1 Å². The second-order valence-electron chi connectivity index (χ2n) is 5.56. The van der Waals surface area contributed by atoms with Crippen LogP contribution in [0.25, 0.3) is 21.3 Å². The van der Waals surface area contributed by atoms with Crippen molar-refractivity contribution in [1.82, 2.24) is 14.5 Å². The fraction of sp³-hybridized carbons (Fsp3) is 0.167. The summed E-state index contributed by atoms with van der Waals surface area (Å²) < 4.78 is 34.4. The zero-order chi connectivity index (χ0) is 18.8. The number of imidazole rings is 1. The predicted octanol–water partition coefficient (Wildman–Crippen LogP) is 4.88. The number of ether oxygens (including phenoxy) is 1. The number of benzene rings is 2. The zero-order valence-electron chi connectivity index (χ0n) is 13.8. The third-order valence-corrected chi connectivity index (χ3v) is 5.97. The molecular weight excluding hydrogens is 392 g/mol. The van der Waals surface area contributed by atoms with Crippen molar-refractivity contribution in [3.05, 3.63) is 54.4 Å². The summed E-state index contributed by atoms with van der Waals surface area (Å²) in [7, 11) is 0. The highest BCUT2D eigenvalue weighted by Gasteiger charge is 2.18. The maximum absolute atomic E-state index is 13.4. The van der Waals surface area contributed by atoms with E-state index in [-0.39, 0.29) is 18.2 Å². The highest BCUT2D eigenvalue weighted by molar-refractivity contribution is 8.01. The van der Waals surface area contributed by atoms with Gasteiger partial charge in [-0.3, -0.25) is 9.36 Å². The van der Waals surface area contributed by atoms with Crippen LogP contribution in [-0.2, 0) is 16.1 Å². The number of para-hydroxylation sites is 3. The van der Waals surface area contributed by atoms with Crippen molar-refractivity contribution in [2.45, 2.75) is 17.5 Å². The Bertz CT molecular complexity index is 1080. The minimum Gasteiger partial charge on any atom is -0.457 e. The highest BCUT2D eigenvalue weighted by Crippen LogP contribution is 2.29. The van der Waals surface area contributed by atoms with Crippen molar-refractivity contribution in [3.8, 4) is 0 Å². The third kappa shape index (κ3) is 3.79. The van der Waals surface area contributed by atoms with Crippen LogP contribution < -0.4 is 0 Å². The fourth-order valence-corrected chi connectivity index (χ4v) is 4.50. The molecule has 0 aliphatic carbocycles. The summed E-state index contributed by atoms with van der Waals surface area (Å²) in [5.74, 6) is -0.439. The lowest BCUT2D eigenvalue weighted by molar-refractivity contribution is -0.142. The molecule has 0 fully saturated rings. The van der Waals surface area contributed by atoms with E-state index in [9.17, 15) is 13.6 Å². The minimum atomic E-state index is -2.76. The first-order valence-electron chi connectivity index (χ1n) is 8.00. The lowest BCUT2D eigenvalue weighted by Gasteiger charge is -2.08. The molecule has 2 aromatic carbocycles. The van der Waals surface area contributed by atoms with Gasteiger partial charge < -0.3 is 4.74 Å². The van der Waals surface area contributed by atoms with Crippen molar-refractivity contribution < 1.29 is 18.3 Å². The summed E-state index contributed by atoms with van der Waals surface area (Å²) in [6, 6.07) is 14.3. The topological polar surface area (TPSA) is 57.0 Å². The molecule has 138 valence electrons. The summed E-state index contributed by atoms with van der Waals surface area (Å²) in [5, 5.41) is 0. The first kappa shape index (κ1) is 17.9. The predicted molar refractivity (Wildman–Crippen MR) is 101 cm³/mol. The summed E-state index contributed by atoms with van der Waals surface area (Å²) in [6.45, 7) is -3.07. The molecule has 9 heteroatoms. The summed E-state index contributed by atoms with van der Waals surface area (Å²) in [4.78, 5) is 20.6. The molecule has 2 aromatic heterocycles. The van der Waals surface area contributed by atoms with Gasteiger partial charge in [-0.2, -0.15) is 8.78 Å². The maximum Gasteiger partial charge on any atom is 0.320 e. The van der Waals surface area contributed by atoms with Gasteiger partial charge in [-0.05, 0) is 24.3 Å². The molecule has 0 spiro atoms. The molecule has 2 heterocycles. The molecule has 0 saturated heterocycles. The second-order valence-corrected chi connectivity index (χ2v) is 7.81. The Balaban J connectivity index is 1.40. The van der Waals surface area contributed by atoms with Crippen LogP contribution in [0.3, 0.4) is 0 Å². The standard InChI is InChI=1S/C18H13F2N3O2S2/c19-17(20)23-13-7-3-1-5-11(13)21-15(23)9-25-16(24)10-26-18-22-12-6-2-4-8-14(12)27-18/h1-8,17H,9-10H2. The quantitative estimate of drug-likeness (QED) is 0.338. The van der Waals surface area contributed by atoms with E-state index in [2.05, 4.69) is 9.97 Å². The van der Waals surface area contributed by atoms with Crippen LogP contribution in [0.5, 0.6) is 0 Å². The van der Waals surface area contributed by atoms with E-state index in [4.69, 9.17) is 4.74 Å². The van der Waals surface area contributed by atoms with E-state index in [0.717, 1.165) is 19.1 Å². The fourth-order valence-electron chi connectivity index (χ4n) is 2.63. The van der Waals surface area contributed by atoms with E-state index < -0.39 is 12.5 Å². The lowest BCUT2D eigenvalue weighted by atomic mass is 10.3.